The van der Waals surface area contributed by atoms with Crippen LogP contribution in [-0.4, -0.2) is 6.54 Å². The highest BCUT2D eigenvalue weighted by Crippen LogP contribution is 2.24. The van der Waals surface area contributed by atoms with Crippen molar-refractivity contribution in [1.29, 1.82) is 0 Å². The number of aryl methyl sites for hydroxylation is 2. The Balaban J connectivity index is 2.91. The van der Waals surface area contributed by atoms with Gasteiger partial charge in [-0.3, -0.25) is 0 Å². The Morgan fingerprint density at radius 1 is 1.36 bits per heavy atom. The van der Waals surface area contributed by atoms with Gasteiger partial charge >= 0.3 is 0 Å². The molecule has 0 atom stereocenters. The van der Waals surface area contributed by atoms with Crippen molar-refractivity contribution >= 4 is 21.6 Å². The van der Waals surface area contributed by atoms with Crippen LogP contribution in [0.25, 0.3) is 0 Å². The molecule has 0 bridgehead atoms. The van der Waals surface area contributed by atoms with E-state index in [1.165, 1.54) is 16.8 Å². The smallest absolute Gasteiger partial charge is 0.0402 e. The van der Waals surface area contributed by atoms with E-state index in [0.717, 1.165) is 16.6 Å². The van der Waals surface area contributed by atoms with Gasteiger partial charge in [-0.25, -0.2) is 0 Å². The average molecular weight is 254 g/mol. The van der Waals surface area contributed by atoms with Gasteiger partial charge < -0.3 is 5.32 Å². The van der Waals surface area contributed by atoms with Gasteiger partial charge in [-0.15, -0.1) is 0 Å². The summed E-state index contributed by atoms with van der Waals surface area (Å²) in [5.41, 5.74) is 4.89. The molecule has 1 N–H and O–H groups in total. The van der Waals surface area contributed by atoms with Crippen LogP contribution in [0.2, 0.25) is 0 Å². The van der Waals surface area contributed by atoms with Crippen molar-refractivity contribution in [2.45, 2.75) is 20.8 Å². The van der Waals surface area contributed by atoms with E-state index in [0.29, 0.717) is 0 Å². The van der Waals surface area contributed by atoms with E-state index in [1.807, 2.05) is 6.92 Å². The molecule has 2 heteroatoms. The number of halogens is 1. The number of nitrogens with one attached hydrogen (secondary N) is 1. The van der Waals surface area contributed by atoms with Crippen LogP contribution in [0.5, 0.6) is 0 Å². The van der Waals surface area contributed by atoms with Gasteiger partial charge in [0.25, 0.3) is 0 Å². The predicted molar refractivity (Wildman–Crippen MR) is 66.9 cm³/mol. The lowest BCUT2D eigenvalue weighted by molar-refractivity contribution is 1.19. The monoisotopic (exact) mass is 253 g/mol. The summed E-state index contributed by atoms with van der Waals surface area (Å²) in [6.45, 7) is 11.0. The van der Waals surface area contributed by atoms with Crippen LogP contribution in [-0.2, 0) is 0 Å². The van der Waals surface area contributed by atoms with E-state index < -0.39 is 0 Å². The number of anilines is 1. The zero-order valence-corrected chi connectivity index (χ0v) is 10.5. The highest BCUT2D eigenvalue weighted by Gasteiger charge is 2.02. The van der Waals surface area contributed by atoms with Crippen LogP contribution in [0.15, 0.2) is 28.8 Å². The van der Waals surface area contributed by atoms with E-state index in [2.05, 4.69) is 53.8 Å². The van der Waals surface area contributed by atoms with Crippen LogP contribution in [0.1, 0.15) is 18.1 Å². The van der Waals surface area contributed by atoms with Crippen molar-refractivity contribution in [2.75, 3.05) is 11.9 Å². The fraction of sp³-hybridized carbons (Fsp3) is 0.333. The molecule has 0 aliphatic rings. The summed E-state index contributed by atoms with van der Waals surface area (Å²) < 4.78 is 1.13. The Kier molecular flexibility index (Phi) is 3.76. The highest BCUT2D eigenvalue weighted by molar-refractivity contribution is 9.10. The van der Waals surface area contributed by atoms with Crippen LogP contribution < -0.4 is 5.32 Å². The summed E-state index contributed by atoms with van der Waals surface area (Å²) in [7, 11) is 0. The quantitative estimate of drug-likeness (QED) is 0.802. The molecule has 14 heavy (non-hydrogen) atoms. The molecule has 0 unspecified atom stereocenters. The summed E-state index contributed by atoms with van der Waals surface area (Å²) in [6.07, 6.45) is 0. The summed E-state index contributed by atoms with van der Waals surface area (Å²) in [5, 5.41) is 3.39. The zero-order chi connectivity index (χ0) is 10.7. The fourth-order valence-electron chi connectivity index (χ4n) is 1.43. The Morgan fingerprint density at radius 2 is 1.86 bits per heavy atom. The molecule has 0 aliphatic heterocycles. The molecule has 0 saturated carbocycles. The van der Waals surface area contributed by atoms with E-state index in [9.17, 15) is 0 Å². The van der Waals surface area contributed by atoms with Gasteiger partial charge in [0.15, 0.2) is 0 Å². The van der Waals surface area contributed by atoms with Crippen molar-refractivity contribution < 1.29 is 0 Å². The first-order valence-corrected chi connectivity index (χ1v) is 5.45. The Labute approximate surface area is 94.3 Å². The largest absolute Gasteiger partial charge is 0.381 e. The molecule has 1 rings (SSSR count). The number of hydrogen-bond acceptors (Lipinski definition) is 1. The fourth-order valence-corrected chi connectivity index (χ4v) is 2.12. The average Bonchev–Trinajstić information content (AvgIpc) is 2.01. The first kappa shape index (κ1) is 11.3. The van der Waals surface area contributed by atoms with E-state index in [-0.39, 0.29) is 0 Å². The van der Waals surface area contributed by atoms with Crippen LogP contribution in [0, 0.1) is 13.8 Å². The molecular formula is C12H16BrN. The molecule has 1 aromatic rings. The normalized spacial score (nSPS) is 10.0. The summed E-state index contributed by atoms with van der Waals surface area (Å²) in [5.74, 6) is 0. The van der Waals surface area contributed by atoms with Crippen molar-refractivity contribution in [1.82, 2.24) is 0 Å². The summed E-state index contributed by atoms with van der Waals surface area (Å²) in [6, 6.07) is 4.24. The van der Waals surface area contributed by atoms with Gasteiger partial charge in [-0.2, -0.15) is 0 Å². The first-order chi connectivity index (χ1) is 6.50. The highest BCUT2D eigenvalue weighted by atomic mass is 79.9. The predicted octanol–water partition coefficient (Wildman–Crippen LogP) is 4.05. The minimum Gasteiger partial charge on any atom is -0.381 e. The third-order valence-corrected chi connectivity index (χ3v) is 2.52. The maximum Gasteiger partial charge on any atom is 0.0402 e. The molecule has 0 radical (unpaired) electrons. The molecule has 0 aliphatic carbocycles. The number of hydrogen-bond donors (Lipinski definition) is 1. The lowest BCUT2D eigenvalue weighted by Gasteiger charge is -2.13. The lowest BCUT2D eigenvalue weighted by Crippen LogP contribution is -2.05. The third kappa shape index (κ3) is 2.88. The Morgan fingerprint density at radius 3 is 2.29 bits per heavy atom. The summed E-state index contributed by atoms with van der Waals surface area (Å²) >= 11 is 3.48. The maximum absolute atomic E-state index is 3.88. The minimum atomic E-state index is 0.837. The molecule has 0 heterocycles. The van der Waals surface area contributed by atoms with Crippen LogP contribution >= 0.6 is 15.9 Å². The van der Waals surface area contributed by atoms with E-state index in [4.69, 9.17) is 0 Å². The van der Waals surface area contributed by atoms with Gasteiger partial charge in [-0.1, -0.05) is 28.1 Å². The topological polar surface area (TPSA) is 12.0 Å². The lowest BCUT2D eigenvalue weighted by atomic mass is 10.1. The van der Waals surface area contributed by atoms with Gasteiger partial charge in [0.2, 0.25) is 0 Å². The first-order valence-electron chi connectivity index (χ1n) is 4.65. The second-order valence-electron chi connectivity index (χ2n) is 3.73. The van der Waals surface area contributed by atoms with Gasteiger partial charge in [0.1, 0.15) is 0 Å². The van der Waals surface area contributed by atoms with Gasteiger partial charge in [0.05, 0.1) is 0 Å². The standard InChI is InChI=1S/C12H16BrN/c1-8(2)7-14-12-9(3)5-11(13)6-10(12)4/h5-6,14H,1,7H2,2-4H3. The van der Waals surface area contributed by atoms with Crippen molar-refractivity contribution in [3.05, 3.63) is 39.9 Å². The SMILES string of the molecule is C=C(C)CNc1c(C)cc(Br)cc1C. The second-order valence-corrected chi connectivity index (χ2v) is 4.64. The molecule has 0 amide bonds. The molecule has 1 aromatic carbocycles. The third-order valence-electron chi connectivity index (χ3n) is 2.06. The molecule has 1 nitrogen and oxygen atoms in total. The van der Waals surface area contributed by atoms with Crippen molar-refractivity contribution in [2.24, 2.45) is 0 Å². The molecule has 0 aromatic heterocycles. The van der Waals surface area contributed by atoms with Gasteiger partial charge in [-0.05, 0) is 44.0 Å². The van der Waals surface area contributed by atoms with E-state index >= 15 is 0 Å². The molecule has 0 saturated heterocycles. The minimum absolute atomic E-state index is 0.837. The van der Waals surface area contributed by atoms with Crippen LogP contribution in [0.3, 0.4) is 0 Å². The summed E-state index contributed by atoms with van der Waals surface area (Å²) in [4.78, 5) is 0. The Bertz CT molecular complexity index is 332. The van der Waals surface area contributed by atoms with Gasteiger partial charge in [0, 0.05) is 16.7 Å². The van der Waals surface area contributed by atoms with Crippen molar-refractivity contribution in [3.63, 3.8) is 0 Å². The molecule has 76 valence electrons. The molecule has 0 spiro atoms. The van der Waals surface area contributed by atoms with Crippen molar-refractivity contribution in [3.8, 4) is 0 Å². The number of benzene rings is 1. The van der Waals surface area contributed by atoms with E-state index in [1.54, 1.807) is 0 Å². The van der Waals surface area contributed by atoms with Crippen LogP contribution in [0.4, 0.5) is 5.69 Å². The second kappa shape index (κ2) is 4.65. The molecule has 0 fully saturated rings. The Hall–Kier alpha value is -0.760. The zero-order valence-electron chi connectivity index (χ0n) is 8.95. The molecular weight excluding hydrogens is 238 g/mol. The number of rotatable bonds is 3. The maximum atomic E-state index is 3.88.